The van der Waals surface area contributed by atoms with Crippen molar-refractivity contribution in [3.05, 3.63) is 29.6 Å². The van der Waals surface area contributed by atoms with Crippen molar-refractivity contribution in [3.8, 4) is 5.75 Å². The SMILES string of the molecule is CC(O)c1cc(F)ccc1OCC1CCOCC1. The van der Waals surface area contributed by atoms with Crippen LogP contribution in [-0.4, -0.2) is 24.9 Å². The Bertz CT molecular complexity index is 387. The molecule has 100 valence electrons. The Morgan fingerprint density at radius 1 is 1.44 bits per heavy atom. The minimum atomic E-state index is -0.731. The molecule has 1 aliphatic heterocycles. The van der Waals surface area contributed by atoms with Crippen LogP contribution in [0.1, 0.15) is 31.4 Å². The van der Waals surface area contributed by atoms with Gasteiger partial charge in [0, 0.05) is 18.8 Å². The minimum absolute atomic E-state index is 0.357. The van der Waals surface area contributed by atoms with Crippen molar-refractivity contribution < 1.29 is 19.0 Å². The number of benzene rings is 1. The van der Waals surface area contributed by atoms with Crippen molar-refractivity contribution in [3.63, 3.8) is 0 Å². The molecule has 1 N–H and O–H groups in total. The molecule has 0 saturated carbocycles. The van der Waals surface area contributed by atoms with Crippen LogP contribution in [0.3, 0.4) is 0 Å². The van der Waals surface area contributed by atoms with Crippen molar-refractivity contribution in [2.24, 2.45) is 5.92 Å². The van der Waals surface area contributed by atoms with Crippen LogP contribution < -0.4 is 4.74 Å². The summed E-state index contributed by atoms with van der Waals surface area (Å²) < 4.78 is 24.1. The van der Waals surface area contributed by atoms with Gasteiger partial charge in [-0.1, -0.05) is 0 Å². The van der Waals surface area contributed by atoms with Gasteiger partial charge in [-0.25, -0.2) is 4.39 Å². The summed E-state index contributed by atoms with van der Waals surface area (Å²) in [5.41, 5.74) is 0.502. The summed E-state index contributed by atoms with van der Waals surface area (Å²) in [5.74, 6) is 0.688. The van der Waals surface area contributed by atoms with Gasteiger partial charge in [-0.05, 0) is 43.9 Å². The van der Waals surface area contributed by atoms with Gasteiger partial charge in [0.1, 0.15) is 11.6 Å². The Morgan fingerprint density at radius 3 is 2.83 bits per heavy atom. The quantitative estimate of drug-likeness (QED) is 0.897. The molecule has 1 aromatic carbocycles. The fraction of sp³-hybridized carbons (Fsp3) is 0.571. The third-order valence-electron chi connectivity index (χ3n) is 3.24. The Kier molecular flexibility index (Phi) is 4.55. The number of halogens is 1. The predicted molar refractivity (Wildman–Crippen MR) is 66.1 cm³/mol. The zero-order chi connectivity index (χ0) is 13.0. The number of hydrogen-bond donors (Lipinski definition) is 1. The first-order valence-electron chi connectivity index (χ1n) is 6.35. The van der Waals surface area contributed by atoms with Crippen LogP contribution in [0.2, 0.25) is 0 Å². The largest absolute Gasteiger partial charge is 0.493 e. The van der Waals surface area contributed by atoms with Gasteiger partial charge in [0.2, 0.25) is 0 Å². The maximum absolute atomic E-state index is 13.1. The highest BCUT2D eigenvalue weighted by atomic mass is 19.1. The molecule has 1 aromatic rings. The van der Waals surface area contributed by atoms with Crippen LogP contribution in [0.5, 0.6) is 5.75 Å². The molecule has 3 nitrogen and oxygen atoms in total. The van der Waals surface area contributed by atoms with Gasteiger partial charge in [0.25, 0.3) is 0 Å². The molecule has 1 unspecified atom stereocenters. The van der Waals surface area contributed by atoms with Crippen molar-refractivity contribution in [2.75, 3.05) is 19.8 Å². The molecule has 0 bridgehead atoms. The van der Waals surface area contributed by atoms with E-state index in [0.717, 1.165) is 26.1 Å². The first-order valence-corrected chi connectivity index (χ1v) is 6.35. The van der Waals surface area contributed by atoms with E-state index in [0.29, 0.717) is 23.8 Å². The van der Waals surface area contributed by atoms with Gasteiger partial charge in [-0.2, -0.15) is 0 Å². The van der Waals surface area contributed by atoms with E-state index >= 15 is 0 Å². The first kappa shape index (κ1) is 13.3. The molecule has 1 saturated heterocycles. The molecule has 1 fully saturated rings. The first-order chi connectivity index (χ1) is 8.66. The second-order valence-corrected chi connectivity index (χ2v) is 4.72. The molecular formula is C14H19FO3. The standard InChI is InChI=1S/C14H19FO3/c1-10(16)13-8-12(15)2-3-14(13)18-9-11-4-6-17-7-5-11/h2-3,8,10-11,16H,4-7,9H2,1H3. The number of ether oxygens (including phenoxy) is 2. The highest BCUT2D eigenvalue weighted by Crippen LogP contribution is 2.27. The lowest BCUT2D eigenvalue weighted by atomic mass is 10.0. The van der Waals surface area contributed by atoms with Gasteiger partial charge < -0.3 is 14.6 Å². The maximum Gasteiger partial charge on any atom is 0.125 e. The lowest BCUT2D eigenvalue weighted by Crippen LogP contribution is -2.21. The van der Waals surface area contributed by atoms with Crippen molar-refractivity contribution >= 4 is 0 Å². The maximum atomic E-state index is 13.1. The van der Waals surface area contributed by atoms with Crippen LogP contribution in [-0.2, 0) is 4.74 Å². The fourth-order valence-electron chi connectivity index (χ4n) is 2.10. The topological polar surface area (TPSA) is 38.7 Å². The summed E-state index contributed by atoms with van der Waals surface area (Å²) in [6.07, 6.45) is 1.25. The molecule has 1 aliphatic rings. The van der Waals surface area contributed by atoms with Crippen LogP contribution in [0, 0.1) is 11.7 Å². The van der Waals surface area contributed by atoms with Crippen molar-refractivity contribution in [2.45, 2.75) is 25.9 Å². The molecule has 4 heteroatoms. The van der Waals surface area contributed by atoms with E-state index in [1.165, 1.54) is 12.1 Å². The summed E-state index contributed by atoms with van der Waals surface area (Å²) in [7, 11) is 0. The number of hydrogen-bond acceptors (Lipinski definition) is 3. The van der Waals surface area contributed by atoms with Gasteiger partial charge >= 0.3 is 0 Å². The summed E-state index contributed by atoms with van der Waals surface area (Å²) in [6, 6.07) is 4.26. The van der Waals surface area contributed by atoms with Crippen LogP contribution >= 0.6 is 0 Å². The monoisotopic (exact) mass is 254 g/mol. The van der Waals surface area contributed by atoms with E-state index in [-0.39, 0.29) is 5.82 Å². The molecule has 0 spiro atoms. The number of aliphatic hydroxyl groups is 1. The highest BCUT2D eigenvalue weighted by molar-refractivity contribution is 5.35. The number of aliphatic hydroxyl groups excluding tert-OH is 1. The molecule has 0 aromatic heterocycles. The van der Waals surface area contributed by atoms with Gasteiger partial charge in [0.15, 0.2) is 0 Å². The lowest BCUT2D eigenvalue weighted by molar-refractivity contribution is 0.0491. The molecule has 18 heavy (non-hydrogen) atoms. The summed E-state index contributed by atoms with van der Waals surface area (Å²) in [6.45, 7) is 3.76. The average molecular weight is 254 g/mol. The van der Waals surface area contributed by atoms with E-state index in [1.807, 2.05) is 0 Å². The second kappa shape index (κ2) is 6.16. The minimum Gasteiger partial charge on any atom is -0.493 e. The summed E-state index contributed by atoms with van der Waals surface area (Å²) in [5, 5.41) is 9.60. The summed E-state index contributed by atoms with van der Waals surface area (Å²) >= 11 is 0. The molecule has 1 heterocycles. The average Bonchev–Trinajstić information content (AvgIpc) is 2.38. The normalized spacial score (nSPS) is 18.6. The van der Waals surface area contributed by atoms with Gasteiger partial charge in [-0.3, -0.25) is 0 Å². The van der Waals surface area contributed by atoms with E-state index in [4.69, 9.17) is 9.47 Å². The van der Waals surface area contributed by atoms with Crippen LogP contribution in [0.4, 0.5) is 4.39 Å². The van der Waals surface area contributed by atoms with E-state index < -0.39 is 6.10 Å². The van der Waals surface area contributed by atoms with E-state index in [2.05, 4.69) is 0 Å². The second-order valence-electron chi connectivity index (χ2n) is 4.72. The van der Waals surface area contributed by atoms with Gasteiger partial charge in [0.05, 0.1) is 12.7 Å². The zero-order valence-electron chi connectivity index (χ0n) is 10.6. The Labute approximate surface area is 107 Å². The Morgan fingerprint density at radius 2 is 2.17 bits per heavy atom. The zero-order valence-corrected chi connectivity index (χ0v) is 10.6. The molecule has 0 amide bonds. The fourth-order valence-corrected chi connectivity index (χ4v) is 2.10. The molecule has 1 atom stereocenters. The smallest absolute Gasteiger partial charge is 0.125 e. The van der Waals surface area contributed by atoms with Crippen LogP contribution in [0.25, 0.3) is 0 Å². The van der Waals surface area contributed by atoms with Gasteiger partial charge in [-0.15, -0.1) is 0 Å². The number of rotatable bonds is 4. The third kappa shape index (κ3) is 3.43. The third-order valence-corrected chi connectivity index (χ3v) is 3.24. The summed E-state index contributed by atoms with van der Waals surface area (Å²) in [4.78, 5) is 0. The highest BCUT2D eigenvalue weighted by Gasteiger charge is 2.16. The predicted octanol–water partition coefficient (Wildman–Crippen LogP) is 2.68. The van der Waals surface area contributed by atoms with E-state index in [9.17, 15) is 9.50 Å². The van der Waals surface area contributed by atoms with Crippen LogP contribution in [0.15, 0.2) is 18.2 Å². The Balaban J connectivity index is 1.99. The molecule has 0 aliphatic carbocycles. The van der Waals surface area contributed by atoms with Crippen molar-refractivity contribution in [1.82, 2.24) is 0 Å². The molecular weight excluding hydrogens is 235 g/mol. The molecule has 2 rings (SSSR count). The van der Waals surface area contributed by atoms with E-state index in [1.54, 1.807) is 13.0 Å². The Hall–Kier alpha value is -1.13. The van der Waals surface area contributed by atoms with Crippen molar-refractivity contribution in [1.29, 1.82) is 0 Å². The lowest BCUT2D eigenvalue weighted by Gasteiger charge is -2.23. The molecule has 0 radical (unpaired) electrons.